The Balaban J connectivity index is 1.74. The van der Waals surface area contributed by atoms with Gasteiger partial charge in [-0.2, -0.15) is 0 Å². The zero-order valence-corrected chi connectivity index (χ0v) is 19.9. The summed E-state index contributed by atoms with van der Waals surface area (Å²) < 4.78 is 78.8. The molecule has 7 nitrogen and oxygen atoms in total. The third-order valence-corrected chi connectivity index (χ3v) is 12.4. The van der Waals surface area contributed by atoms with Gasteiger partial charge < -0.3 is 4.74 Å². The van der Waals surface area contributed by atoms with E-state index in [-0.39, 0.29) is 21.7 Å². The van der Waals surface area contributed by atoms with Crippen LogP contribution < -0.4 is 4.74 Å². The van der Waals surface area contributed by atoms with Crippen molar-refractivity contribution in [3.63, 3.8) is 0 Å². The van der Waals surface area contributed by atoms with Crippen molar-refractivity contribution < 1.29 is 30.0 Å². The largest absolute Gasteiger partial charge is 0.497 e. The molecule has 1 saturated carbocycles. The molecule has 10 heteroatoms. The van der Waals surface area contributed by atoms with Crippen molar-refractivity contribution in [2.24, 2.45) is 0 Å². The van der Waals surface area contributed by atoms with Crippen LogP contribution in [0.25, 0.3) is 0 Å². The number of hydrogen-bond donors (Lipinski definition) is 0. The summed E-state index contributed by atoms with van der Waals surface area (Å²) >= 11 is 0. The molecule has 0 spiro atoms. The summed E-state index contributed by atoms with van der Waals surface area (Å²) in [6, 6.07) is 5.61. The molecule has 1 fully saturated rings. The summed E-state index contributed by atoms with van der Waals surface area (Å²) in [5, 5.41) is -1.14. The van der Waals surface area contributed by atoms with Crippen LogP contribution in [-0.2, 0) is 29.5 Å². The molecule has 0 aromatic heterocycles. The van der Waals surface area contributed by atoms with E-state index in [1.165, 1.54) is 31.4 Å². The topological polar surface area (TPSA) is 112 Å². The fraction of sp³-hybridized carbons (Fsp3) is 0.700. The van der Waals surface area contributed by atoms with Gasteiger partial charge in [-0.3, -0.25) is 0 Å². The second-order valence-electron chi connectivity index (χ2n) is 7.90. The summed E-state index contributed by atoms with van der Waals surface area (Å²) in [5.41, 5.74) is 0. The molecular formula is C20H32O7S3. The smallest absolute Gasteiger partial charge is 0.192 e. The summed E-state index contributed by atoms with van der Waals surface area (Å²) in [6.45, 7) is 0. The van der Waals surface area contributed by atoms with Crippen molar-refractivity contribution in [3.8, 4) is 5.75 Å². The van der Waals surface area contributed by atoms with Crippen LogP contribution in [0.5, 0.6) is 5.75 Å². The van der Waals surface area contributed by atoms with Gasteiger partial charge in [0.2, 0.25) is 0 Å². The Hall–Kier alpha value is -1.13. The lowest BCUT2D eigenvalue weighted by Crippen LogP contribution is -2.26. The fourth-order valence-corrected chi connectivity index (χ4v) is 9.81. The average Bonchev–Trinajstić information content (AvgIpc) is 2.70. The molecule has 2 rings (SSSR count). The number of unbranched alkanes of at least 4 members (excludes halogenated alkanes) is 3. The number of sulfone groups is 3. The van der Waals surface area contributed by atoms with Gasteiger partial charge in [-0.15, -0.1) is 0 Å². The van der Waals surface area contributed by atoms with E-state index in [4.69, 9.17) is 4.74 Å². The summed E-state index contributed by atoms with van der Waals surface area (Å²) in [5.74, 6) is 0.413. The van der Waals surface area contributed by atoms with Gasteiger partial charge in [0.15, 0.2) is 34.6 Å². The maximum absolute atomic E-state index is 12.4. The maximum Gasteiger partial charge on any atom is 0.192 e. The van der Waals surface area contributed by atoms with Crippen molar-refractivity contribution >= 4 is 29.5 Å². The van der Waals surface area contributed by atoms with E-state index in [1.54, 1.807) is 0 Å². The Labute approximate surface area is 181 Å². The SMILES string of the molecule is COc1ccc(S(=O)(=O)CS(=O)(=O)CCCCCCS(=O)(=O)C2CCCCC2)cc1. The molecule has 0 saturated heterocycles. The van der Waals surface area contributed by atoms with E-state index in [9.17, 15) is 25.3 Å². The second kappa shape index (κ2) is 10.9. The maximum atomic E-state index is 12.4. The minimum atomic E-state index is -3.94. The molecule has 172 valence electrons. The molecule has 0 atom stereocenters. The molecule has 0 amide bonds. The molecule has 0 heterocycles. The lowest BCUT2D eigenvalue weighted by Gasteiger charge is -2.21. The molecule has 0 aliphatic heterocycles. The minimum absolute atomic E-state index is 0.0557. The van der Waals surface area contributed by atoms with Crippen LogP contribution in [-0.4, -0.2) is 54.2 Å². The Bertz CT molecular complexity index is 973. The predicted molar refractivity (Wildman–Crippen MR) is 118 cm³/mol. The second-order valence-corrected chi connectivity index (χ2v) is 14.8. The van der Waals surface area contributed by atoms with E-state index in [0.717, 1.165) is 32.1 Å². The van der Waals surface area contributed by atoms with Gasteiger partial charge in [-0.05, 0) is 49.9 Å². The van der Waals surface area contributed by atoms with Gasteiger partial charge >= 0.3 is 0 Å². The van der Waals surface area contributed by atoms with E-state index >= 15 is 0 Å². The summed E-state index contributed by atoms with van der Waals surface area (Å²) in [6.07, 6.45) is 6.57. The van der Waals surface area contributed by atoms with Crippen molar-refractivity contribution in [3.05, 3.63) is 24.3 Å². The first-order valence-corrected chi connectivity index (χ1v) is 15.5. The highest BCUT2D eigenvalue weighted by atomic mass is 32.3. The molecule has 0 unspecified atom stereocenters. The first-order chi connectivity index (χ1) is 14.1. The van der Waals surface area contributed by atoms with Gasteiger partial charge in [-0.1, -0.05) is 32.1 Å². The molecule has 1 aromatic rings. The highest BCUT2D eigenvalue weighted by Gasteiger charge is 2.27. The van der Waals surface area contributed by atoms with Crippen LogP contribution in [0.1, 0.15) is 57.8 Å². The number of benzene rings is 1. The van der Waals surface area contributed by atoms with Crippen molar-refractivity contribution in [1.29, 1.82) is 0 Å². The first-order valence-electron chi connectivity index (χ1n) is 10.3. The van der Waals surface area contributed by atoms with E-state index in [2.05, 4.69) is 0 Å². The number of hydrogen-bond acceptors (Lipinski definition) is 7. The molecule has 30 heavy (non-hydrogen) atoms. The predicted octanol–water partition coefficient (Wildman–Crippen LogP) is 3.15. The summed E-state index contributed by atoms with van der Waals surface area (Å²) in [4.78, 5) is -0.0557. The zero-order valence-electron chi connectivity index (χ0n) is 17.5. The Morgan fingerprint density at radius 3 is 1.93 bits per heavy atom. The lowest BCUT2D eigenvalue weighted by molar-refractivity contribution is 0.414. The molecule has 0 radical (unpaired) electrons. The molecule has 0 N–H and O–H groups in total. The minimum Gasteiger partial charge on any atom is -0.497 e. The number of ether oxygens (including phenoxy) is 1. The Morgan fingerprint density at radius 2 is 1.37 bits per heavy atom. The number of methoxy groups -OCH3 is 1. The zero-order chi connectivity index (χ0) is 22.3. The van der Waals surface area contributed by atoms with Crippen molar-refractivity contribution in [2.75, 3.05) is 23.7 Å². The fourth-order valence-electron chi connectivity index (χ4n) is 3.72. The Kier molecular flexibility index (Phi) is 9.17. The van der Waals surface area contributed by atoms with E-state index in [0.29, 0.717) is 31.4 Å². The monoisotopic (exact) mass is 480 g/mol. The lowest BCUT2D eigenvalue weighted by atomic mass is 10.0. The van der Waals surface area contributed by atoms with Crippen LogP contribution >= 0.6 is 0 Å². The molecular weight excluding hydrogens is 448 g/mol. The van der Waals surface area contributed by atoms with Crippen molar-refractivity contribution in [2.45, 2.75) is 67.9 Å². The summed E-state index contributed by atoms with van der Waals surface area (Å²) in [7, 11) is -9.33. The van der Waals surface area contributed by atoms with Crippen LogP contribution in [0.3, 0.4) is 0 Å². The van der Waals surface area contributed by atoms with E-state index in [1.807, 2.05) is 0 Å². The van der Waals surface area contributed by atoms with Gasteiger partial charge in [0.25, 0.3) is 0 Å². The molecule has 1 aliphatic rings. The van der Waals surface area contributed by atoms with Crippen LogP contribution in [0.4, 0.5) is 0 Å². The first kappa shape index (κ1) is 25.1. The van der Waals surface area contributed by atoms with Crippen molar-refractivity contribution in [1.82, 2.24) is 0 Å². The highest BCUT2D eigenvalue weighted by Crippen LogP contribution is 2.25. The quantitative estimate of drug-likeness (QED) is 0.422. The van der Waals surface area contributed by atoms with Gasteiger partial charge in [0.05, 0.1) is 28.8 Å². The van der Waals surface area contributed by atoms with Gasteiger partial charge in [0.1, 0.15) is 5.75 Å². The normalized spacial score (nSPS) is 16.4. The van der Waals surface area contributed by atoms with E-state index < -0.39 is 34.6 Å². The van der Waals surface area contributed by atoms with Gasteiger partial charge in [0, 0.05) is 0 Å². The average molecular weight is 481 g/mol. The Morgan fingerprint density at radius 1 is 0.800 bits per heavy atom. The molecule has 1 aliphatic carbocycles. The third-order valence-electron chi connectivity index (χ3n) is 5.45. The standard InChI is InChI=1S/C20H32O7S3/c1-27-18-11-13-20(14-12-18)30(25,26)17-28(21,22)15-7-2-3-8-16-29(23,24)19-9-5-4-6-10-19/h11-14,19H,2-10,15-17H2,1H3. The molecule has 1 aromatic carbocycles. The van der Waals surface area contributed by atoms with Gasteiger partial charge in [-0.25, -0.2) is 25.3 Å². The third kappa shape index (κ3) is 7.85. The highest BCUT2D eigenvalue weighted by molar-refractivity contribution is 8.08. The van der Waals surface area contributed by atoms with Crippen LogP contribution in [0.2, 0.25) is 0 Å². The van der Waals surface area contributed by atoms with Crippen LogP contribution in [0, 0.1) is 0 Å². The molecule has 0 bridgehead atoms. The van der Waals surface area contributed by atoms with Crippen LogP contribution in [0.15, 0.2) is 29.2 Å². The number of rotatable bonds is 12.